The number of benzene rings is 1. The SMILES string of the molecule is CC[NH+](CC(=O)NCC(=O)NC(C)C)Cc1ccc(OC)c(F)c1. The average molecular weight is 340 g/mol. The Morgan fingerprint density at radius 2 is 2.00 bits per heavy atom. The number of halogens is 1. The molecule has 134 valence electrons. The van der Waals surface area contributed by atoms with Crippen LogP contribution >= 0.6 is 0 Å². The van der Waals surface area contributed by atoms with E-state index >= 15 is 0 Å². The zero-order valence-corrected chi connectivity index (χ0v) is 14.7. The maximum atomic E-state index is 13.7. The van der Waals surface area contributed by atoms with Crippen LogP contribution in [0.4, 0.5) is 4.39 Å². The van der Waals surface area contributed by atoms with Gasteiger partial charge in [0, 0.05) is 11.6 Å². The van der Waals surface area contributed by atoms with Gasteiger partial charge in [-0.2, -0.15) is 0 Å². The van der Waals surface area contributed by atoms with Crippen molar-refractivity contribution in [1.82, 2.24) is 10.6 Å². The molecule has 0 bridgehead atoms. The molecule has 0 aromatic heterocycles. The van der Waals surface area contributed by atoms with E-state index < -0.39 is 5.82 Å². The van der Waals surface area contributed by atoms with E-state index in [2.05, 4.69) is 10.6 Å². The van der Waals surface area contributed by atoms with Gasteiger partial charge in [0.2, 0.25) is 5.91 Å². The first-order valence-corrected chi connectivity index (χ1v) is 8.07. The maximum Gasteiger partial charge on any atom is 0.275 e. The van der Waals surface area contributed by atoms with Crippen LogP contribution in [0, 0.1) is 5.82 Å². The minimum atomic E-state index is -0.416. The molecule has 0 radical (unpaired) electrons. The van der Waals surface area contributed by atoms with Crippen LogP contribution in [0.3, 0.4) is 0 Å². The molecule has 24 heavy (non-hydrogen) atoms. The summed E-state index contributed by atoms with van der Waals surface area (Å²) in [6.45, 7) is 7.08. The smallest absolute Gasteiger partial charge is 0.275 e. The first-order chi connectivity index (χ1) is 11.3. The van der Waals surface area contributed by atoms with Crippen molar-refractivity contribution in [3.63, 3.8) is 0 Å². The molecule has 0 aliphatic carbocycles. The molecule has 1 atom stereocenters. The lowest BCUT2D eigenvalue weighted by Crippen LogP contribution is -3.11. The van der Waals surface area contributed by atoms with E-state index in [4.69, 9.17) is 4.74 Å². The Hall–Kier alpha value is -2.15. The Morgan fingerprint density at radius 3 is 2.54 bits per heavy atom. The van der Waals surface area contributed by atoms with Crippen LogP contribution in [0.5, 0.6) is 5.75 Å². The van der Waals surface area contributed by atoms with Crippen molar-refractivity contribution < 1.29 is 23.6 Å². The molecule has 7 heteroatoms. The van der Waals surface area contributed by atoms with Gasteiger partial charge in [0.1, 0.15) is 6.54 Å². The van der Waals surface area contributed by atoms with Crippen molar-refractivity contribution in [3.05, 3.63) is 29.6 Å². The molecule has 3 N–H and O–H groups in total. The molecule has 0 saturated carbocycles. The van der Waals surface area contributed by atoms with Gasteiger partial charge in [-0.3, -0.25) is 9.59 Å². The summed E-state index contributed by atoms with van der Waals surface area (Å²) in [6.07, 6.45) is 0. The molecular weight excluding hydrogens is 313 g/mol. The molecule has 2 amide bonds. The number of likely N-dealkylation sites (N-methyl/N-ethyl adjacent to an activating group) is 1. The minimum absolute atomic E-state index is 0.0365. The molecule has 0 aliphatic rings. The van der Waals surface area contributed by atoms with E-state index in [1.807, 2.05) is 20.8 Å². The Balaban J connectivity index is 2.50. The molecular formula is C17H27FN3O3+. The van der Waals surface area contributed by atoms with E-state index in [1.165, 1.54) is 13.2 Å². The minimum Gasteiger partial charge on any atom is -0.494 e. The Labute approximate surface area is 142 Å². The van der Waals surface area contributed by atoms with Crippen molar-refractivity contribution in [2.24, 2.45) is 0 Å². The Bertz CT molecular complexity index is 564. The predicted octanol–water partition coefficient (Wildman–Crippen LogP) is -0.120. The number of nitrogens with one attached hydrogen (secondary N) is 3. The fourth-order valence-electron chi connectivity index (χ4n) is 2.26. The van der Waals surface area contributed by atoms with E-state index in [9.17, 15) is 14.0 Å². The summed E-state index contributed by atoms with van der Waals surface area (Å²) < 4.78 is 18.6. The number of rotatable bonds is 9. The third-order valence-corrected chi connectivity index (χ3v) is 3.48. The van der Waals surface area contributed by atoms with Crippen LogP contribution in [0.25, 0.3) is 0 Å². The molecule has 0 spiro atoms. The van der Waals surface area contributed by atoms with E-state index in [0.29, 0.717) is 13.1 Å². The molecule has 1 aromatic carbocycles. The van der Waals surface area contributed by atoms with Gasteiger partial charge >= 0.3 is 0 Å². The lowest BCUT2D eigenvalue weighted by molar-refractivity contribution is -0.904. The van der Waals surface area contributed by atoms with Gasteiger partial charge in [0.25, 0.3) is 5.91 Å². The van der Waals surface area contributed by atoms with Crippen molar-refractivity contribution >= 4 is 11.8 Å². The van der Waals surface area contributed by atoms with Crippen molar-refractivity contribution in [1.29, 1.82) is 0 Å². The van der Waals surface area contributed by atoms with Crippen molar-refractivity contribution in [2.45, 2.75) is 33.4 Å². The van der Waals surface area contributed by atoms with Crippen molar-refractivity contribution in [2.75, 3.05) is 26.7 Å². The van der Waals surface area contributed by atoms with E-state index in [1.54, 1.807) is 12.1 Å². The van der Waals surface area contributed by atoms with Crippen LogP contribution in [0.2, 0.25) is 0 Å². The topological polar surface area (TPSA) is 71.9 Å². The molecule has 1 rings (SSSR count). The third-order valence-electron chi connectivity index (χ3n) is 3.48. The standard InChI is InChI=1S/C17H26FN3O3/c1-5-21(10-13-6-7-15(24-4)14(18)8-13)11-17(23)19-9-16(22)20-12(2)3/h6-8,12H,5,9-11H2,1-4H3,(H,19,23)(H,20,22)/p+1. The molecule has 0 aliphatic heterocycles. The number of amides is 2. The molecule has 0 heterocycles. The van der Waals surface area contributed by atoms with Crippen LogP contribution in [0.15, 0.2) is 18.2 Å². The summed E-state index contributed by atoms with van der Waals surface area (Å²) >= 11 is 0. The first-order valence-electron chi connectivity index (χ1n) is 8.07. The van der Waals surface area contributed by atoms with Gasteiger partial charge in [-0.1, -0.05) is 0 Å². The van der Waals surface area contributed by atoms with E-state index in [0.717, 1.165) is 10.5 Å². The lowest BCUT2D eigenvalue weighted by atomic mass is 10.2. The summed E-state index contributed by atoms with van der Waals surface area (Å²) in [5, 5.41) is 5.31. The van der Waals surface area contributed by atoms with Crippen LogP contribution in [-0.2, 0) is 16.1 Å². The monoisotopic (exact) mass is 340 g/mol. The molecule has 0 saturated heterocycles. The fraction of sp³-hybridized carbons (Fsp3) is 0.529. The number of ether oxygens (including phenoxy) is 1. The number of methoxy groups -OCH3 is 1. The Kier molecular flexibility index (Phi) is 8.18. The molecule has 6 nitrogen and oxygen atoms in total. The van der Waals surface area contributed by atoms with E-state index in [-0.39, 0.29) is 36.7 Å². The highest BCUT2D eigenvalue weighted by atomic mass is 19.1. The highest BCUT2D eigenvalue weighted by Gasteiger charge is 2.15. The normalized spacial score (nSPS) is 11.9. The summed E-state index contributed by atoms with van der Waals surface area (Å²) in [6, 6.07) is 4.82. The average Bonchev–Trinajstić information content (AvgIpc) is 2.52. The van der Waals surface area contributed by atoms with Gasteiger partial charge < -0.3 is 20.3 Å². The van der Waals surface area contributed by atoms with Gasteiger partial charge in [0.15, 0.2) is 18.1 Å². The first kappa shape index (κ1) is 19.9. The van der Waals surface area contributed by atoms with Crippen LogP contribution in [-0.4, -0.2) is 44.6 Å². The highest BCUT2D eigenvalue weighted by molar-refractivity contribution is 5.85. The van der Waals surface area contributed by atoms with Gasteiger partial charge in [-0.05, 0) is 39.0 Å². The second-order valence-electron chi connectivity index (χ2n) is 5.92. The number of carbonyl (C=O) groups is 2. The zero-order chi connectivity index (χ0) is 18.1. The number of hydrogen-bond acceptors (Lipinski definition) is 3. The highest BCUT2D eigenvalue weighted by Crippen LogP contribution is 2.17. The summed E-state index contributed by atoms with van der Waals surface area (Å²) in [5.74, 6) is -0.640. The second kappa shape index (κ2) is 9.87. The van der Waals surface area contributed by atoms with Gasteiger partial charge in [0.05, 0.1) is 20.2 Å². The summed E-state index contributed by atoms with van der Waals surface area (Å²) in [7, 11) is 1.42. The van der Waals surface area contributed by atoms with Crippen LogP contribution < -0.4 is 20.3 Å². The lowest BCUT2D eigenvalue weighted by Gasteiger charge is -2.18. The summed E-state index contributed by atoms with van der Waals surface area (Å²) in [5.41, 5.74) is 0.788. The van der Waals surface area contributed by atoms with Crippen LogP contribution in [0.1, 0.15) is 26.3 Å². The second-order valence-corrected chi connectivity index (χ2v) is 5.92. The Morgan fingerprint density at radius 1 is 1.29 bits per heavy atom. The third kappa shape index (κ3) is 6.95. The summed E-state index contributed by atoms with van der Waals surface area (Å²) in [4.78, 5) is 24.4. The van der Waals surface area contributed by atoms with Gasteiger partial charge in [-0.15, -0.1) is 0 Å². The number of hydrogen-bond donors (Lipinski definition) is 3. The zero-order valence-electron chi connectivity index (χ0n) is 14.7. The maximum absolute atomic E-state index is 13.7. The molecule has 1 unspecified atom stereocenters. The molecule has 1 aromatic rings. The number of carbonyl (C=O) groups excluding carboxylic acids is 2. The quantitative estimate of drug-likeness (QED) is 0.587. The fourth-order valence-corrected chi connectivity index (χ4v) is 2.26. The molecule has 0 fully saturated rings. The van der Waals surface area contributed by atoms with Crippen molar-refractivity contribution in [3.8, 4) is 5.75 Å². The van der Waals surface area contributed by atoms with Gasteiger partial charge in [-0.25, -0.2) is 4.39 Å². The number of quaternary nitrogens is 1. The largest absolute Gasteiger partial charge is 0.494 e. The predicted molar refractivity (Wildman–Crippen MR) is 89.3 cm³/mol.